The van der Waals surface area contributed by atoms with E-state index in [1.165, 1.54) is 68.4 Å². The van der Waals surface area contributed by atoms with Gasteiger partial charge in [0.25, 0.3) is 0 Å². The molecule has 4 aliphatic carbocycles. The summed E-state index contributed by atoms with van der Waals surface area (Å²) in [4.78, 5) is 0. The zero-order valence-corrected chi connectivity index (χ0v) is 16.6. The Morgan fingerprint density at radius 1 is 1.00 bits per heavy atom. The molecule has 0 spiro atoms. The van der Waals surface area contributed by atoms with Crippen molar-refractivity contribution in [3.8, 4) is 5.69 Å². The number of hydrogen-bond acceptors (Lipinski definition) is 2. The van der Waals surface area contributed by atoms with Gasteiger partial charge >= 0.3 is 0 Å². The maximum absolute atomic E-state index is 6.58. The third-order valence-electron chi connectivity index (χ3n) is 7.75. The third kappa shape index (κ3) is 2.50. The van der Waals surface area contributed by atoms with Crippen molar-refractivity contribution < 1.29 is 0 Å². The molecule has 4 saturated carbocycles. The average molecular weight is 382 g/mol. The number of nitrogens with zero attached hydrogens (tertiary/aromatic N) is 2. The first-order valence-corrected chi connectivity index (χ1v) is 11.2. The van der Waals surface area contributed by atoms with Crippen molar-refractivity contribution in [2.75, 3.05) is 11.9 Å². The molecule has 5 aliphatic rings. The Balaban J connectivity index is 1.53. The van der Waals surface area contributed by atoms with E-state index in [0.717, 1.165) is 41.4 Å². The van der Waals surface area contributed by atoms with Gasteiger partial charge in [-0.3, -0.25) is 0 Å². The highest BCUT2D eigenvalue weighted by atomic mass is 35.5. The van der Waals surface area contributed by atoms with Crippen molar-refractivity contribution in [1.29, 1.82) is 0 Å². The first-order chi connectivity index (χ1) is 13.2. The number of fused-ring (bicyclic) bond motifs is 1. The second kappa shape index (κ2) is 6.01. The molecule has 4 fully saturated rings. The summed E-state index contributed by atoms with van der Waals surface area (Å²) in [5.74, 6) is 4.04. The van der Waals surface area contributed by atoms with Crippen molar-refractivity contribution in [2.24, 2.45) is 17.8 Å². The molecule has 0 saturated heterocycles. The van der Waals surface area contributed by atoms with Crippen LogP contribution in [0.3, 0.4) is 0 Å². The molecule has 0 atom stereocenters. The Hall–Kier alpha value is -1.48. The molecular formula is C23H28ClN3. The van der Waals surface area contributed by atoms with Crippen LogP contribution in [0.5, 0.6) is 0 Å². The maximum Gasteiger partial charge on any atom is 0.133 e. The van der Waals surface area contributed by atoms with Crippen LogP contribution in [0.25, 0.3) is 5.69 Å². The minimum Gasteiger partial charge on any atom is -0.370 e. The summed E-state index contributed by atoms with van der Waals surface area (Å²) in [6.07, 6.45) is 12.2. The number of para-hydroxylation sites is 1. The van der Waals surface area contributed by atoms with Crippen molar-refractivity contribution >= 4 is 17.4 Å². The fraction of sp³-hybridized carbons (Fsp3) is 0.609. The predicted molar refractivity (Wildman–Crippen MR) is 110 cm³/mol. The molecule has 142 valence electrons. The largest absolute Gasteiger partial charge is 0.370 e. The van der Waals surface area contributed by atoms with Crippen molar-refractivity contribution in [2.45, 2.75) is 63.2 Å². The van der Waals surface area contributed by atoms with Gasteiger partial charge in [0.05, 0.1) is 16.4 Å². The third-order valence-corrected chi connectivity index (χ3v) is 8.07. The Morgan fingerprint density at radius 3 is 2.41 bits per heavy atom. The highest BCUT2D eigenvalue weighted by molar-refractivity contribution is 6.32. The fourth-order valence-electron chi connectivity index (χ4n) is 7.13. The smallest absolute Gasteiger partial charge is 0.133 e. The molecular weight excluding hydrogens is 354 g/mol. The summed E-state index contributed by atoms with van der Waals surface area (Å²) in [5, 5.41) is 9.82. The zero-order valence-electron chi connectivity index (χ0n) is 15.9. The van der Waals surface area contributed by atoms with E-state index in [9.17, 15) is 0 Å². The highest BCUT2D eigenvalue weighted by Crippen LogP contribution is 2.61. The van der Waals surface area contributed by atoms with Gasteiger partial charge in [-0.15, -0.1) is 0 Å². The van der Waals surface area contributed by atoms with Gasteiger partial charge in [-0.2, -0.15) is 5.10 Å². The van der Waals surface area contributed by atoms with Crippen LogP contribution < -0.4 is 5.32 Å². The van der Waals surface area contributed by atoms with E-state index < -0.39 is 0 Å². The summed E-state index contributed by atoms with van der Waals surface area (Å²) >= 11 is 6.58. The van der Waals surface area contributed by atoms with Crippen LogP contribution in [0.1, 0.15) is 62.6 Å². The predicted octanol–water partition coefficient (Wildman–Crippen LogP) is 5.74. The number of halogens is 1. The average Bonchev–Trinajstić information content (AvgIpc) is 2.84. The van der Waals surface area contributed by atoms with Gasteiger partial charge < -0.3 is 5.32 Å². The highest BCUT2D eigenvalue weighted by Gasteiger charge is 2.53. The van der Waals surface area contributed by atoms with Gasteiger partial charge in [0.1, 0.15) is 5.82 Å². The van der Waals surface area contributed by atoms with Crippen LogP contribution in [0.2, 0.25) is 5.02 Å². The van der Waals surface area contributed by atoms with Gasteiger partial charge in [-0.25, -0.2) is 4.68 Å². The van der Waals surface area contributed by atoms with Crippen molar-refractivity contribution in [3.05, 3.63) is 40.5 Å². The van der Waals surface area contributed by atoms with Crippen LogP contribution in [0, 0.1) is 17.8 Å². The molecule has 3 nitrogen and oxygen atoms in total. The minimum atomic E-state index is 0.331. The molecule has 2 aromatic rings. The van der Waals surface area contributed by atoms with Gasteiger partial charge in [-0.1, -0.05) is 23.7 Å². The van der Waals surface area contributed by atoms with Crippen LogP contribution in [-0.4, -0.2) is 16.3 Å². The van der Waals surface area contributed by atoms with Crippen LogP contribution >= 0.6 is 11.6 Å². The summed E-state index contributed by atoms with van der Waals surface area (Å²) in [5.41, 5.74) is 4.26. The molecule has 4 bridgehead atoms. The molecule has 0 unspecified atom stereocenters. The first-order valence-electron chi connectivity index (χ1n) is 10.8. The van der Waals surface area contributed by atoms with Crippen molar-refractivity contribution in [3.63, 3.8) is 0 Å². The molecule has 1 aromatic heterocycles. The normalized spacial score (nSPS) is 34.2. The van der Waals surface area contributed by atoms with Crippen LogP contribution in [0.4, 0.5) is 5.82 Å². The van der Waals surface area contributed by atoms with E-state index in [4.69, 9.17) is 16.7 Å². The molecule has 0 amide bonds. The topological polar surface area (TPSA) is 29.9 Å². The fourth-order valence-corrected chi connectivity index (χ4v) is 7.34. The number of nitrogens with one attached hydrogen (secondary N) is 1. The lowest BCUT2D eigenvalue weighted by Gasteiger charge is -2.56. The lowest BCUT2D eigenvalue weighted by molar-refractivity contribution is -0.00773. The van der Waals surface area contributed by atoms with Gasteiger partial charge in [-0.05, 0) is 87.7 Å². The SMILES string of the molecule is Clc1ccccc1-n1nc(C23CC4CC(CC(C4)C2)C3)c2c1NCCCC2. The van der Waals surface area contributed by atoms with E-state index in [-0.39, 0.29) is 0 Å². The molecule has 7 rings (SSSR count). The summed E-state index contributed by atoms with van der Waals surface area (Å²) < 4.78 is 2.14. The summed E-state index contributed by atoms with van der Waals surface area (Å²) in [7, 11) is 0. The molecule has 1 aromatic carbocycles. The number of aromatic nitrogens is 2. The molecule has 27 heavy (non-hydrogen) atoms. The Morgan fingerprint density at radius 2 is 1.70 bits per heavy atom. The van der Waals surface area contributed by atoms with Gasteiger partial charge in [0, 0.05) is 17.5 Å². The lowest BCUT2D eigenvalue weighted by atomic mass is 9.48. The standard InChI is InChI=1S/C23H28ClN3/c24-19-6-1-2-7-20(19)27-22-18(5-3-4-8-25-22)21(26-27)23-12-15-9-16(13-23)11-17(10-15)14-23/h1-2,6-7,15-17,25H,3-5,8-14H2. The van der Waals surface area contributed by atoms with E-state index in [1.807, 2.05) is 12.1 Å². The molecule has 1 N–H and O–H groups in total. The second-order valence-corrected chi connectivity index (χ2v) is 10.0. The lowest BCUT2D eigenvalue weighted by Crippen LogP contribution is -2.49. The molecule has 2 heterocycles. The summed E-state index contributed by atoms with van der Waals surface area (Å²) in [6, 6.07) is 8.15. The zero-order chi connectivity index (χ0) is 18.0. The molecule has 4 heteroatoms. The van der Waals surface area contributed by atoms with Crippen LogP contribution in [-0.2, 0) is 11.8 Å². The van der Waals surface area contributed by atoms with Crippen LogP contribution in [0.15, 0.2) is 24.3 Å². The van der Waals surface area contributed by atoms with E-state index in [2.05, 4.69) is 22.1 Å². The molecule has 1 aliphatic heterocycles. The Labute approximate surface area is 166 Å². The molecule has 0 radical (unpaired) electrons. The Bertz CT molecular complexity index is 848. The second-order valence-electron chi connectivity index (χ2n) is 9.62. The number of anilines is 1. The number of hydrogen-bond donors (Lipinski definition) is 1. The first kappa shape index (κ1) is 16.5. The number of rotatable bonds is 2. The quantitative estimate of drug-likeness (QED) is 0.718. The summed E-state index contributed by atoms with van der Waals surface area (Å²) in [6.45, 7) is 1.03. The minimum absolute atomic E-state index is 0.331. The van der Waals surface area contributed by atoms with E-state index in [0.29, 0.717) is 5.41 Å². The monoisotopic (exact) mass is 381 g/mol. The van der Waals surface area contributed by atoms with E-state index >= 15 is 0 Å². The van der Waals surface area contributed by atoms with Gasteiger partial charge in [0.2, 0.25) is 0 Å². The maximum atomic E-state index is 6.58. The van der Waals surface area contributed by atoms with Gasteiger partial charge in [0.15, 0.2) is 0 Å². The van der Waals surface area contributed by atoms with Crippen molar-refractivity contribution in [1.82, 2.24) is 9.78 Å². The number of benzene rings is 1. The van der Waals surface area contributed by atoms with E-state index in [1.54, 1.807) is 0 Å². The Kier molecular flexibility index (Phi) is 3.66.